The fourth-order valence-electron chi connectivity index (χ4n) is 6.79. The van der Waals surface area contributed by atoms with Gasteiger partial charge >= 0.3 is 5.69 Å². The maximum Gasteiger partial charge on any atom is 0.355 e. The number of carbonyl (C=O) groups excluding carboxylic acids is 1. The molecule has 1 saturated heterocycles. The van der Waals surface area contributed by atoms with Gasteiger partial charge in [0, 0.05) is 42.8 Å². The number of benzene rings is 1. The molecular weight excluding hydrogens is 590 g/mol. The Morgan fingerprint density at radius 3 is 2.71 bits per heavy atom. The number of fused-ring (bicyclic) bond motifs is 3. The number of hydrogen-bond donors (Lipinski definition) is 2. The van der Waals surface area contributed by atoms with Gasteiger partial charge in [0.25, 0.3) is 0 Å². The molecule has 6 heterocycles. The molecule has 1 fully saturated rings. The Bertz CT molecular complexity index is 2100. The van der Waals surface area contributed by atoms with Crippen molar-refractivity contribution in [3.05, 3.63) is 75.6 Å². The van der Waals surface area contributed by atoms with Crippen LogP contribution in [0.2, 0.25) is 5.02 Å². The van der Waals surface area contributed by atoms with Crippen molar-refractivity contribution in [2.75, 3.05) is 29.9 Å². The number of halogens is 1. The van der Waals surface area contributed by atoms with Crippen molar-refractivity contribution in [1.82, 2.24) is 34.6 Å². The van der Waals surface area contributed by atoms with Gasteiger partial charge in [-0.1, -0.05) is 38.1 Å². The molecular formula is C33H34ClN9O2. The Morgan fingerprint density at radius 2 is 1.96 bits per heavy atom. The third kappa shape index (κ3) is 4.40. The third-order valence-corrected chi connectivity index (χ3v) is 9.39. The molecule has 45 heavy (non-hydrogen) atoms. The number of hydrogen-bond acceptors (Lipinski definition) is 8. The van der Waals surface area contributed by atoms with E-state index in [-0.39, 0.29) is 23.9 Å². The summed E-state index contributed by atoms with van der Waals surface area (Å²) < 4.78 is 1.59. The van der Waals surface area contributed by atoms with E-state index < -0.39 is 5.69 Å². The summed E-state index contributed by atoms with van der Waals surface area (Å²) in [6.07, 6.45) is 4.88. The zero-order chi connectivity index (χ0) is 31.7. The van der Waals surface area contributed by atoms with E-state index in [1.807, 2.05) is 43.9 Å². The first-order chi connectivity index (χ1) is 21.6. The number of aryl methyl sites for hydroxylation is 2. The molecule has 2 aliphatic rings. The molecule has 2 unspecified atom stereocenters. The van der Waals surface area contributed by atoms with Crippen molar-refractivity contribution in [2.24, 2.45) is 0 Å². The second-order valence-electron chi connectivity index (χ2n) is 12.2. The summed E-state index contributed by atoms with van der Waals surface area (Å²) in [5.74, 6) is 0.404. The summed E-state index contributed by atoms with van der Waals surface area (Å²) >= 11 is 7.34. The number of aromatic nitrogens is 6. The van der Waals surface area contributed by atoms with Crippen LogP contribution in [-0.2, 0) is 4.79 Å². The Labute approximate surface area is 264 Å². The van der Waals surface area contributed by atoms with Gasteiger partial charge in [0.1, 0.15) is 5.82 Å². The summed E-state index contributed by atoms with van der Waals surface area (Å²) in [4.78, 5) is 45.7. The van der Waals surface area contributed by atoms with E-state index in [1.54, 1.807) is 17.0 Å². The maximum atomic E-state index is 14.3. The number of aromatic amines is 1. The molecule has 0 aliphatic carbocycles. The lowest BCUT2D eigenvalue weighted by molar-refractivity contribution is -0.128. The summed E-state index contributed by atoms with van der Waals surface area (Å²) in [7, 11) is 0. The van der Waals surface area contributed by atoms with Crippen molar-refractivity contribution < 1.29 is 4.79 Å². The number of anilines is 2. The minimum absolute atomic E-state index is 0.0317. The minimum atomic E-state index is -0.460. The van der Waals surface area contributed by atoms with E-state index in [9.17, 15) is 9.59 Å². The highest BCUT2D eigenvalue weighted by atomic mass is 35.5. The number of carbonyl (C=O) groups is 1. The SMILES string of the molecule is C=CC(=O)N1CC2CNc3c(Cl)c(-c4c(C)ccc5[nH]ncc45)nc4c3c(nc(=O)n4-c3c(C)ccnc3C(C)C)N2CC1C. The molecule has 1 aromatic carbocycles. The Balaban J connectivity index is 1.59. The predicted octanol–water partition coefficient (Wildman–Crippen LogP) is 5.13. The highest BCUT2D eigenvalue weighted by Gasteiger charge is 2.39. The van der Waals surface area contributed by atoms with Crippen LogP contribution in [0, 0.1) is 13.8 Å². The van der Waals surface area contributed by atoms with Crippen molar-refractivity contribution in [3.8, 4) is 16.9 Å². The fourth-order valence-corrected chi connectivity index (χ4v) is 7.09. The zero-order valence-electron chi connectivity index (χ0n) is 25.8. The maximum absolute atomic E-state index is 14.3. The summed E-state index contributed by atoms with van der Waals surface area (Å²) in [5.41, 5.74) is 6.11. The molecule has 4 aromatic heterocycles. The number of nitrogens with one attached hydrogen (secondary N) is 2. The van der Waals surface area contributed by atoms with Crippen LogP contribution in [0.5, 0.6) is 0 Å². The van der Waals surface area contributed by atoms with E-state index in [4.69, 9.17) is 26.6 Å². The standard InChI is InChI=1S/C33H34ClN9O2/c1-7-23(44)41-15-20-12-36-28-25-31(42(20)14-19(41)6)39-33(45)43(30-18(5)10-11-35-27(30)16(2)3)32(25)38-29(26(28)34)24-17(4)8-9-22-21(24)13-37-40-22/h7-11,13,16,19-20,36H,1,12,14-15H2,2-6H3,(H,37,40). The first-order valence-electron chi connectivity index (χ1n) is 15.1. The van der Waals surface area contributed by atoms with Crippen molar-refractivity contribution in [2.45, 2.75) is 52.6 Å². The number of H-pyrrole nitrogens is 1. The lowest BCUT2D eigenvalue weighted by Crippen LogP contribution is -2.60. The Kier molecular flexibility index (Phi) is 6.88. The number of nitrogens with zero attached hydrogens (tertiary/aromatic N) is 7. The van der Waals surface area contributed by atoms with Crippen molar-refractivity contribution >= 4 is 50.9 Å². The fraction of sp³-hybridized carbons (Fsp3) is 0.333. The number of rotatable bonds is 4. The van der Waals surface area contributed by atoms with E-state index in [0.717, 1.165) is 33.3 Å². The average Bonchev–Trinajstić information content (AvgIpc) is 3.43. The molecule has 2 aliphatic heterocycles. The summed E-state index contributed by atoms with van der Waals surface area (Å²) in [6.45, 7) is 15.1. The van der Waals surface area contributed by atoms with Gasteiger partial charge in [-0.3, -0.25) is 14.9 Å². The topological polar surface area (TPSA) is 125 Å². The van der Waals surface area contributed by atoms with Crippen LogP contribution in [-0.4, -0.2) is 72.2 Å². The smallest absolute Gasteiger partial charge is 0.355 e. The van der Waals surface area contributed by atoms with Crippen LogP contribution in [0.3, 0.4) is 0 Å². The van der Waals surface area contributed by atoms with Gasteiger partial charge in [-0.25, -0.2) is 14.3 Å². The van der Waals surface area contributed by atoms with Crippen molar-refractivity contribution in [3.63, 3.8) is 0 Å². The van der Waals surface area contributed by atoms with Crippen molar-refractivity contribution in [1.29, 1.82) is 0 Å². The van der Waals surface area contributed by atoms with E-state index in [2.05, 4.69) is 40.8 Å². The normalized spacial score (nSPS) is 17.8. The van der Waals surface area contributed by atoms with Gasteiger partial charge in [0.05, 0.1) is 50.9 Å². The second-order valence-corrected chi connectivity index (χ2v) is 12.6. The monoisotopic (exact) mass is 623 g/mol. The number of amides is 1. The predicted molar refractivity (Wildman–Crippen MR) is 178 cm³/mol. The highest BCUT2D eigenvalue weighted by molar-refractivity contribution is 6.38. The van der Waals surface area contributed by atoms with Gasteiger partial charge in [-0.05, 0) is 56.0 Å². The van der Waals surface area contributed by atoms with Crippen LogP contribution in [0.25, 0.3) is 38.9 Å². The van der Waals surface area contributed by atoms with Gasteiger partial charge in [0.15, 0.2) is 5.65 Å². The largest absolute Gasteiger partial charge is 0.381 e. The highest BCUT2D eigenvalue weighted by Crippen LogP contribution is 2.45. The van der Waals surface area contributed by atoms with Crippen LogP contribution in [0.1, 0.15) is 43.5 Å². The van der Waals surface area contributed by atoms with Crippen LogP contribution < -0.4 is 15.9 Å². The van der Waals surface area contributed by atoms with Gasteiger partial charge in [-0.15, -0.1) is 0 Å². The molecule has 2 atom stereocenters. The Morgan fingerprint density at radius 1 is 1.16 bits per heavy atom. The molecule has 1 amide bonds. The lowest BCUT2D eigenvalue weighted by atomic mass is 9.99. The van der Waals surface area contributed by atoms with Crippen LogP contribution in [0.15, 0.2) is 48.0 Å². The van der Waals surface area contributed by atoms with E-state index in [0.29, 0.717) is 58.6 Å². The average molecular weight is 624 g/mol. The van der Waals surface area contributed by atoms with Gasteiger partial charge < -0.3 is 15.1 Å². The van der Waals surface area contributed by atoms with Gasteiger partial charge in [-0.2, -0.15) is 10.1 Å². The van der Waals surface area contributed by atoms with E-state index >= 15 is 0 Å². The molecule has 0 spiro atoms. The molecule has 0 saturated carbocycles. The minimum Gasteiger partial charge on any atom is -0.381 e. The molecule has 7 rings (SSSR count). The second kappa shape index (κ2) is 10.7. The first kappa shape index (κ1) is 29.0. The first-order valence-corrected chi connectivity index (χ1v) is 15.5. The van der Waals surface area contributed by atoms with Gasteiger partial charge in [0.2, 0.25) is 5.91 Å². The molecule has 0 radical (unpaired) electrons. The number of piperazine rings is 1. The quantitative estimate of drug-likeness (QED) is 0.264. The Hall–Kier alpha value is -4.77. The van der Waals surface area contributed by atoms with E-state index in [1.165, 1.54) is 6.08 Å². The lowest BCUT2D eigenvalue weighted by Gasteiger charge is -2.45. The molecule has 5 aromatic rings. The summed E-state index contributed by atoms with van der Waals surface area (Å²) in [5, 5.41) is 12.9. The molecule has 0 bridgehead atoms. The molecule has 11 nitrogen and oxygen atoms in total. The zero-order valence-corrected chi connectivity index (χ0v) is 26.6. The molecule has 230 valence electrons. The molecule has 2 N–H and O–H groups in total. The molecule has 12 heteroatoms. The van der Waals surface area contributed by atoms with Crippen LogP contribution in [0.4, 0.5) is 11.5 Å². The van der Waals surface area contributed by atoms with Crippen LogP contribution >= 0.6 is 11.6 Å². The number of pyridine rings is 2. The third-order valence-electron chi connectivity index (χ3n) is 9.03. The summed E-state index contributed by atoms with van der Waals surface area (Å²) in [6, 6.07) is 5.57.